The number of nitrogens with one attached hydrogen (secondary N) is 2. The van der Waals surface area contributed by atoms with E-state index in [1.54, 1.807) is 11.8 Å². The first-order chi connectivity index (χ1) is 13.4. The molecule has 0 aliphatic carbocycles. The molecule has 0 aliphatic rings. The molecule has 28 heavy (non-hydrogen) atoms. The fourth-order valence-corrected chi connectivity index (χ4v) is 3.75. The molecular formula is C20H23N5O2S. The molecule has 1 heterocycles. The molecule has 2 aromatic carbocycles. The number of hydrogen-bond donors (Lipinski definition) is 2. The number of rotatable bonds is 6. The summed E-state index contributed by atoms with van der Waals surface area (Å²) in [5, 5.41) is 17.3. The van der Waals surface area contributed by atoms with Crippen LogP contribution in [-0.2, 0) is 9.53 Å². The monoisotopic (exact) mass is 397 g/mol. The molecule has 0 saturated carbocycles. The van der Waals surface area contributed by atoms with Gasteiger partial charge in [0.15, 0.2) is 0 Å². The van der Waals surface area contributed by atoms with Gasteiger partial charge in [-0.05, 0) is 28.5 Å². The zero-order chi connectivity index (χ0) is 20.1. The van der Waals surface area contributed by atoms with E-state index in [1.807, 2.05) is 42.5 Å². The van der Waals surface area contributed by atoms with Crippen LogP contribution in [-0.4, -0.2) is 45.0 Å². The lowest BCUT2D eigenvalue weighted by Crippen LogP contribution is -2.18. The molecule has 0 spiro atoms. The van der Waals surface area contributed by atoms with Crippen LogP contribution in [0.25, 0.3) is 22.5 Å². The summed E-state index contributed by atoms with van der Waals surface area (Å²) in [7, 11) is 1.50. The highest BCUT2D eigenvalue weighted by Gasteiger charge is 2.18. The minimum atomic E-state index is -0.193. The Balaban J connectivity index is 2.05. The summed E-state index contributed by atoms with van der Waals surface area (Å²) in [6.07, 6.45) is 0. The highest BCUT2D eigenvalue weighted by Crippen LogP contribution is 2.40. The minimum absolute atomic E-state index is 0.00327. The van der Waals surface area contributed by atoms with Crippen molar-refractivity contribution in [2.45, 2.75) is 30.4 Å². The largest absolute Gasteiger partial charge is 0.375 e. The summed E-state index contributed by atoms with van der Waals surface area (Å²) in [6.45, 7) is 6.41. The van der Waals surface area contributed by atoms with E-state index in [0.717, 1.165) is 27.3 Å². The Morgan fingerprint density at radius 2 is 1.93 bits per heavy atom. The van der Waals surface area contributed by atoms with Crippen LogP contribution in [0.5, 0.6) is 0 Å². The Labute approximate surface area is 168 Å². The van der Waals surface area contributed by atoms with Gasteiger partial charge in [0, 0.05) is 22.3 Å². The molecule has 1 aromatic heterocycles. The average Bonchev–Trinajstić information content (AvgIpc) is 3.17. The van der Waals surface area contributed by atoms with Gasteiger partial charge in [-0.15, -0.1) is 22.0 Å². The van der Waals surface area contributed by atoms with Crippen molar-refractivity contribution in [1.82, 2.24) is 20.6 Å². The number of benzene rings is 2. The van der Waals surface area contributed by atoms with Crippen LogP contribution in [0.1, 0.15) is 20.8 Å². The minimum Gasteiger partial charge on any atom is -0.375 e. The molecule has 1 amide bonds. The molecule has 0 saturated heterocycles. The van der Waals surface area contributed by atoms with Crippen molar-refractivity contribution in [3.63, 3.8) is 0 Å². The van der Waals surface area contributed by atoms with Gasteiger partial charge in [-0.1, -0.05) is 51.1 Å². The summed E-state index contributed by atoms with van der Waals surface area (Å²) in [5.74, 6) is 0.329. The van der Waals surface area contributed by atoms with Crippen molar-refractivity contribution in [2.24, 2.45) is 0 Å². The van der Waals surface area contributed by atoms with Crippen molar-refractivity contribution in [2.75, 3.05) is 19.0 Å². The van der Waals surface area contributed by atoms with Crippen molar-refractivity contribution in [3.05, 3.63) is 42.5 Å². The summed E-state index contributed by atoms with van der Waals surface area (Å²) < 4.78 is 4.96. The lowest BCUT2D eigenvalue weighted by atomic mass is 9.99. The molecule has 3 aromatic rings. The van der Waals surface area contributed by atoms with E-state index in [9.17, 15) is 4.79 Å². The maximum Gasteiger partial charge on any atom is 0.250 e. The van der Waals surface area contributed by atoms with Crippen LogP contribution in [0.15, 0.2) is 47.4 Å². The SMILES string of the molecule is COCC(=O)Nc1cc(-c2ccccc2-c2nn[nH]n2)ccc1SC(C)(C)C. The van der Waals surface area contributed by atoms with E-state index in [0.29, 0.717) is 5.82 Å². The highest BCUT2D eigenvalue weighted by molar-refractivity contribution is 8.00. The number of nitrogens with zero attached hydrogens (tertiary/aromatic N) is 3. The fourth-order valence-electron chi connectivity index (χ4n) is 2.74. The van der Waals surface area contributed by atoms with E-state index in [2.05, 4.69) is 46.7 Å². The van der Waals surface area contributed by atoms with E-state index in [1.165, 1.54) is 7.11 Å². The van der Waals surface area contributed by atoms with Gasteiger partial charge in [-0.25, -0.2) is 0 Å². The molecule has 0 bridgehead atoms. The molecule has 146 valence electrons. The normalized spacial score (nSPS) is 11.4. The number of carbonyl (C=O) groups is 1. The number of amides is 1. The third-order valence-corrected chi connectivity index (χ3v) is 4.96. The first-order valence-electron chi connectivity index (χ1n) is 8.82. The topological polar surface area (TPSA) is 92.8 Å². The summed E-state index contributed by atoms with van der Waals surface area (Å²) in [6, 6.07) is 13.9. The molecular weight excluding hydrogens is 374 g/mol. The van der Waals surface area contributed by atoms with Crippen LogP contribution in [0, 0.1) is 0 Å². The predicted octanol–water partition coefficient (Wildman–Crippen LogP) is 4.01. The fraction of sp³-hybridized carbons (Fsp3) is 0.300. The lowest BCUT2D eigenvalue weighted by molar-refractivity contribution is -0.119. The molecule has 7 nitrogen and oxygen atoms in total. The van der Waals surface area contributed by atoms with Gasteiger partial charge >= 0.3 is 0 Å². The quantitative estimate of drug-likeness (QED) is 0.611. The predicted molar refractivity (Wildman–Crippen MR) is 111 cm³/mol. The Morgan fingerprint density at radius 1 is 1.18 bits per heavy atom. The third-order valence-electron chi connectivity index (χ3n) is 3.77. The third kappa shape index (κ3) is 4.96. The second-order valence-corrected chi connectivity index (χ2v) is 9.06. The number of ether oxygens (including phenoxy) is 1. The summed E-state index contributed by atoms with van der Waals surface area (Å²) >= 11 is 1.70. The molecule has 0 unspecified atom stereocenters. The number of methoxy groups -OCH3 is 1. The molecule has 0 aliphatic heterocycles. The summed E-state index contributed by atoms with van der Waals surface area (Å²) in [5.41, 5.74) is 3.52. The molecule has 3 rings (SSSR count). The zero-order valence-electron chi connectivity index (χ0n) is 16.3. The number of anilines is 1. The Bertz CT molecular complexity index is 951. The second kappa shape index (κ2) is 8.53. The van der Waals surface area contributed by atoms with Crippen LogP contribution < -0.4 is 5.32 Å². The van der Waals surface area contributed by atoms with Gasteiger partial charge in [0.05, 0.1) is 5.69 Å². The lowest BCUT2D eigenvalue weighted by Gasteiger charge is -2.21. The standard InChI is InChI=1S/C20H23N5O2S/c1-20(2,3)28-17-10-9-13(11-16(17)21-18(26)12-27-4)14-7-5-6-8-15(14)19-22-24-25-23-19/h5-11H,12H2,1-4H3,(H,21,26)(H,22,23,24,25). The van der Waals surface area contributed by atoms with Gasteiger partial charge < -0.3 is 10.1 Å². The number of hydrogen-bond acceptors (Lipinski definition) is 6. The Hall–Kier alpha value is -2.71. The van der Waals surface area contributed by atoms with Crippen molar-refractivity contribution in [3.8, 4) is 22.5 Å². The van der Waals surface area contributed by atoms with Gasteiger partial charge in [-0.2, -0.15) is 5.21 Å². The number of H-pyrrole nitrogens is 1. The second-order valence-electron chi connectivity index (χ2n) is 7.19. The number of tetrazole rings is 1. The van der Waals surface area contributed by atoms with E-state index in [4.69, 9.17) is 4.74 Å². The Morgan fingerprint density at radius 3 is 2.57 bits per heavy atom. The molecule has 0 radical (unpaired) electrons. The first kappa shape index (κ1) is 20.0. The van der Waals surface area contributed by atoms with Gasteiger partial charge in [0.1, 0.15) is 6.61 Å². The summed E-state index contributed by atoms with van der Waals surface area (Å²) in [4.78, 5) is 13.2. The van der Waals surface area contributed by atoms with Crippen LogP contribution in [0.2, 0.25) is 0 Å². The number of aromatic nitrogens is 4. The van der Waals surface area contributed by atoms with Crippen LogP contribution >= 0.6 is 11.8 Å². The average molecular weight is 398 g/mol. The van der Waals surface area contributed by atoms with Gasteiger partial charge in [0.25, 0.3) is 0 Å². The van der Waals surface area contributed by atoms with Crippen LogP contribution in [0.4, 0.5) is 5.69 Å². The maximum absolute atomic E-state index is 12.2. The molecule has 0 fully saturated rings. The van der Waals surface area contributed by atoms with Crippen LogP contribution in [0.3, 0.4) is 0 Å². The first-order valence-corrected chi connectivity index (χ1v) is 9.64. The van der Waals surface area contributed by atoms with E-state index < -0.39 is 0 Å². The molecule has 8 heteroatoms. The number of thioether (sulfide) groups is 1. The van der Waals surface area contributed by atoms with E-state index in [-0.39, 0.29) is 17.3 Å². The maximum atomic E-state index is 12.2. The molecule has 0 atom stereocenters. The zero-order valence-corrected chi connectivity index (χ0v) is 17.1. The van der Waals surface area contributed by atoms with Gasteiger partial charge in [0.2, 0.25) is 11.7 Å². The number of aromatic amines is 1. The Kier molecular flexibility index (Phi) is 6.11. The number of carbonyl (C=O) groups excluding carboxylic acids is 1. The van der Waals surface area contributed by atoms with Gasteiger partial charge in [-0.3, -0.25) is 4.79 Å². The van der Waals surface area contributed by atoms with E-state index >= 15 is 0 Å². The molecule has 2 N–H and O–H groups in total. The van der Waals surface area contributed by atoms with Crippen molar-refractivity contribution >= 4 is 23.4 Å². The highest BCUT2D eigenvalue weighted by atomic mass is 32.2. The van der Waals surface area contributed by atoms with Crippen molar-refractivity contribution in [1.29, 1.82) is 0 Å². The van der Waals surface area contributed by atoms with Crippen molar-refractivity contribution < 1.29 is 9.53 Å². The smallest absolute Gasteiger partial charge is 0.250 e.